The number of oxazole rings is 1. The van der Waals surface area contributed by atoms with Crippen molar-refractivity contribution < 1.29 is 14.3 Å². The van der Waals surface area contributed by atoms with Gasteiger partial charge in [0.25, 0.3) is 0 Å². The number of aromatic carboxylic acids is 1. The van der Waals surface area contributed by atoms with Crippen molar-refractivity contribution in [3.8, 4) is 0 Å². The number of hydrogen-bond donors (Lipinski definition) is 1. The smallest absolute Gasteiger partial charge is 0.335 e. The molecule has 5 nitrogen and oxygen atoms in total. The number of likely N-dealkylation sites (tertiary alicyclic amines) is 1. The van der Waals surface area contributed by atoms with Crippen LogP contribution >= 0.6 is 11.6 Å². The van der Waals surface area contributed by atoms with Crippen molar-refractivity contribution in [3.63, 3.8) is 0 Å². The molecule has 0 aliphatic carbocycles. The van der Waals surface area contributed by atoms with Crippen LogP contribution in [0.15, 0.2) is 59.1 Å². The van der Waals surface area contributed by atoms with E-state index >= 15 is 0 Å². The van der Waals surface area contributed by atoms with Gasteiger partial charge in [0, 0.05) is 30.5 Å². The monoisotopic (exact) mass is 410 g/mol. The first-order chi connectivity index (χ1) is 14.1. The highest BCUT2D eigenvalue weighted by Crippen LogP contribution is 2.29. The Hall–Kier alpha value is -2.63. The third-order valence-corrected chi connectivity index (χ3v) is 5.70. The third kappa shape index (κ3) is 4.86. The topological polar surface area (TPSA) is 66.6 Å². The van der Waals surface area contributed by atoms with E-state index < -0.39 is 5.97 Å². The Bertz CT molecular complexity index is 1000. The second kappa shape index (κ2) is 8.80. The predicted molar refractivity (Wildman–Crippen MR) is 111 cm³/mol. The lowest BCUT2D eigenvalue weighted by atomic mass is 9.97. The van der Waals surface area contributed by atoms with Gasteiger partial charge >= 0.3 is 5.97 Å². The zero-order chi connectivity index (χ0) is 20.2. The highest BCUT2D eigenvalue weighted by atomic mass is 35.5. The van der Waals surface area contributed by atoms with Gasteiger partial charge in [-0.15, -0.1) is 0 Å². The van der Waals surface area contributed by atoms with Crippen molar-refractivity contribution >= 4 is 17.6 Å². The molecule has 3 aromatic rings. The van der Waals surface area contributed by atoms with Gasteiger partial charge in [0.1, 0.15) is 5.76 Å². The molecular weight excluding hydrogens is 388 g/mol. The molecule has 0 spiro atoms. The van der Waals surface area contributed by atoms with Crippen LogP contribution in [0.5, 0.6) is 0 Å². The number of carboxylic acid groups (broad SMARTS) is 1. The van der Waals surface area contributed by atoms with Gasteiger partial charge in [-0.1, -0.05) is 41.9 Å². The SMILES string of the molecule is O=C(O)c1cccc(CN2CCCC(c3ncc(Cc4ccccc4Cl)o3)C2)c1. The summed E-state index contributed by atoms with van der Waals surface area (Å²) in [7, 11) is 0. The molecule has 0 bridgehead atoms. The number of halogens is 1. The summed E-state index contributed by atoms with van der Waals surface area (Å²) in [4.78, 5) is 18.1. The first kappa shape index (κ1) is 19.7. The maximum absolute atomic E-state index is 11.2. The fraction of sp³-hybridized carbons (Fsp3) is 0.304. The number of piperidine rings is 1. The van der Waals surface area contributed by atoms with Gasteiger partial charge in [-0.3, -0.25) is 4.90 Å². The van der Waals surface area contributed by atoms with Crippen molar-refractivity contribution in [1.29, 1.82) is 0 Å². The normalized spacial score (nSPS) is 17.3. The lowest BCUT2D eigenvalue weighted by Crippen LogP contribution is -2.34. The van der Waals surface area contributed by atoms with Crippen molar-refractivity contribution in [1.82, 2.24) is 9.88 Å². The minimum atomic E-state index is -0.894. The Morgan fingerprint density at radius 2 is 2.10 bits per heavy atom. The summed E-state index contributed by atoms with van der Waals surface area (Å²) < 4.78 is 6.06. The van der Waals surface area contributed by atoms with Crippen molar-refractivity contribution in [2.24, 2.45) is 0 Å². The van der Waals surface area contributed by atoms with Crippen LogP contribution in [-0.2, 0) is 13.0 Å². The molecule has 0 saturated carbocycles. The van der Waals surface area contributed by atoms with Gasteiger partial charge in [-0.05, 0) is 48.7 Å². The van der Waals surface area contributed by atoms with Crippen LogP contribution in [0.2, 0.25) is 5.02 Å². The van der Waals surface area contributed by atoms with Crippen LogP contribution in [0.1, 0.15) is 51.9 Å². The first-order valence-electron chi connectivity index (χ1n) is 9.81. The van der Waals surface area contributed by atoms with Gasteiger partial charge in [0.2, 0.25) is 0 Å². The van der Waals surface area contributed by atoms with Gasteiger partial charge in [0.15, 0.2) is 5.89 Å². The zero-order valence-electron chi connectivity index (χ0n) is 16.1. The highest BCUT2D eigenvalue weighted by Gasteiger charge is 2.25. The maximum atomic E-state index is 11.2. The molecular formula is C23H23ClN2O3. The Labute approximate surface area is 174 Å². The molecule has 1 aromatic heterocycles. The van der Waals surface area contributed by atoms with Crippen LogP contribution in [0.3, 0.4) is 0 Å². The fourth-order valence-corrected chi connectivity index (χ4v) is 4.09. The first-order valence-corrected chi connectivity index (χ1v) is 10.2. The average Bonchev–Trinajstić information content (AvgIpc) is 3.19. The molecule has 6 heteroatoms. The standard InChI is InChI=1S/C23H23ClN2O3/c24-21-9-2-1-6-17(21)12-20-13-25-22(29-20)19-8-4-10-26(15-19)14-16-5-3-7-18(11-16)23(27)28/h1-3,5-7,9,11,13,19H,4,8,10,12,14-15H2,(H,27,28). The summed E-state index contributed by atoms with van der Waals surface area (Å²) in [6, 6.07) is 14.9. The van der Waals surface area contributed by atoms with E-state index in [9.17, 15) is 9.90 Å². The van der Waals surface area contributed by atoms with Gasteiger partial charge in [0.05, 0.1) is 11.8 Å². The van der Waals surface area contributed by atoms with E-state index in [0.29, 0.717) is 12.0 Å². The molecule has 1 unspecified atom stereocenters. The van der Waals surface area contributed by atoms with E-state index in [0.717, 1.165) is 60.3 Å². The van der Waals surface area contributed by atoms with Crippen LogP contribution < -0.4 is 0 Å². The van der Waals surface area contributed by atoms with Crippen LogP contribution in [0.25, 0.3) is 0 Å². The van der Waals surface area contributed by atoms with Gasteiger partial charge < -0.3 is 9.52 Å². The molecule has 1 N–H and O–H groups in total. The van der Waals surface area contributed by atoms with E-state index in [1.807, 2.05) is 30.3 Å². The number of carbonyl (C=O) groups is 1. The maximum Gasteiger partial charge on any atom is 0.335 e. The second-order valence-electron chi connectivity index (χ2n) is 7.51. The zero-order valence-corrected chi connectivity index (χ0v) is 16.8. The van der Waals surface area contributed by atoms with E-state index in [4.69, 9.17) is 16.0 Å². The quantitative estimate of drug-likeness (QED) is 0.619. The highest BCUT2D eigenvalue weighted by molar-refractivity contribution is 6.31. The van der Waals surface area contributed by atoms with Crippen LogP contribution in [0.4, 0.5) is 0 Å². The number of rotatable bonds is 6. The second-order valence-corrected chi connectivity index (χ2v) is 7.92. The van der Waals surface area contributed by atoms with Crippen LogP contribution in [-0.4, -0.2) is 34.0 Å². The van der Waals surface area contributed by atoms with E-state index in [1.54, 1.807) is 24.4 Å². The molecule has 1 aliphatic heterocycles. The fourth-order valence-electron chi connectivity index (χ4n) is 3.88. The minimum Gasteiger partial charge on any atom is -0.478 e. The van der Waals surface area contributed by atoms with Gasteiger partial charge in [-0.25, -0.2) is 9.78 Å². The summed E-state index contributed by atoms with van der Waals surface area (Å²) in [5.74, 6) is 0.941. The lowest BCUT2D eigenvalue weighted by molar-refractivity contribution is 0.0696. The molecule has 1 atom stereocenters. The summed E-state index contributed by atoms with van der Waals surface area (Å²) in [5.41, 5.74) is 2.37. The van der Waals surface area contributed by atoms with E-state index in [2.05, 4.69) is 9.88 Å². The van der Waals surface area contributed by atoms with E-state index in [-0.39, 0.29) is 5.92 Å². The number of aromatic nitrogens is 1. The number of benzene rings is 2. The molecule has 2 heterocycles. The molecule has 1 aliphatic rings. The number of carboxylic acids is 1. The summed E-state index contributed by atoms with van der Waals surface area (Å²) >= 11 is 6.25. The van der Waals surface area contributed by atoms with Crippen LogP contribution in [0, 0.1) is 0 Å². The molecule has 2 aromatic carbocycles. The Morgan fingerprint density at radius 3 is 2.93 bits per heavy atom. The Kier molecular flexibility index (Phi) is 5.97. The lowest BCUT2D eigenvalue weighted by Gasteiger charge is -2.31. The molecule has 0 radical (unpaired) electrons. The summed E-state index contributed by atoms with van der Waals surface area (Å²) in [5, 5.41) is 9.92. The minimum absolute atomic E-state index is 0.242. The average molecular weight is 411 g/mol. The third-order valence-electron chi connectivity index (χ3n) is 5.33. The van der Waals surface area contributed by atoms with Crippen molar-refractivity contribution in [2.75, 3.05) is 13.1 Å². The molecule has 29 heavy (non-hydrogen) atoms. The predicted octanol–water partition coefficient (Wildman–Crippen LogP) is 5.00. The molecule has 4 rings (SSSR count). The Balaban J connectivity index is 1.41. The Morgan fingerprint density at radius 1 is 1.24 bits per heavy atom. The summed E-state index contributed by atoms with van der Waals surface area (Å²) in [6.45, 7) is 2.56. The molecule has 0 amide bonds. The number of hydrogen-bond acceptors (Lipinski definition) is 4. The van der Waals surface area contributed by atoms with Crippen molar-refractivity contribution in [3.05, 3.63) is 88.1 Å². The molecule has 150 valence electrons. The summed E-state index contributed by atoms with van der Waals surface area (Å²) in [6.07, 6.45) is 4.53. The van der Waals surface area contributed by atoms with Gasteiger partial charge in [-0.2, -0.15) is 0 Å². The van der Waals surface area contributed by atoms with E-state index in [1.165, 1.54) is 0 Å². The largest absolute Gasteiger partial charge is 0.478 e. The van der Waals surface area contributed by atoms with Crippen molar-refractivity contribution in [2.45, 2.75) is 31.7 Å². The molecule has 1 saturated heterocycles. The number of nitrogens with zero attached hydrogens (tertiary/aromatic N) is 2. The molecule has 1 fully saturated rings.